The summed E-state index contributed by atoms with van der Waals surface area (Å²) in [6.07, 6.45) is 2.11. The molecule has 0 amide bonds. The third-order valence-electron chi connectivity index (χ3n) is 3.35. The lowest BCUT2D eigenvalue weighted by Crippen LogP contribution is -2.29. The van der Waals surface area contributed by atoms with Crippen LogP contribution >= 0.6 is 0 Å². The number of carboxylic acids is 1. The lowest BCUT2D eigenvalue weighted by Gasteiger charge is -2.21. The normalized spacial score (nSPS) is 12.1. The fourth-order valence-electron chi connectivity index (χ4n) is 2.09. The Bertz CT molecular complexity index is 458. The Morgan fingerprint density at radius 1 is 1.25 bits per heavy atom. The SMILES string of the molecule is CN(C)c1ccc(CCCC(N)C(=O)O)c(N(C)C)c1. The Morgan fingerprint density at radius 3 is 2.40 bits per heavy atom. The van der Waals surface area contributed by atoms with Crippen molar-refractivity contribution in [1.29, 1.82) is 0 Å². The predicted octanol–water partition coefficient (Wildman–Crippen LogP) is 1.55. The molecule has 1 unspecified atom stereocenters. The first-order chi connectivity index (χ1) is 9.32. The zero-order chi connectivity index (χ0) is 15.3. The number of nitrogens with zero attached hydrogens (tertiary/aromatic N) is 2. The summed E-state index contributed by atoms with van der Waals surface area (Å²) < 4.78 is 0. The van der Waals surface area contributed by atoms with Crippen molar-refractivity contribution in [3.05, 3.63) is 23.8 Å². The molecule has 0 aliphatic heterocycles. The van der Waals surface area contributed by atoms with E-state index in [4.69, 9.17) is 10.8 Å². The molecule has 0 spiro atoms. The van der Waals surface area contributed by atoms with E-state index >= 15 is 0 Å². The maximum Gasteiger partial charge on any atom is 0.320 e. The molecule has 0 aromatic heterocycles. The Hall–Kier alpha value is -1.75. The van der Waals surface area contributed by atoms with Crippen molar-refractivity contribution in [3.63, 3.8) is 0 Å². The Labute approximate surface area is 121 Å². The van der Waals surface area contributed by atoms with Gasteiger partial charge in [-0.05, 0) is 37.0 Å². The molecule has 0 radical (unpaired) electrons. The number of carbonyl (C=O) groups is 1. The van der Waals surface area contributed by atoms with Gasteiger partial charge in [0.15, 0.2) is 0 Å². The zero-order valence-electron chi connectivity index (χ0n) is 12.8. The number of benzene rings is 1. The summed E-state index contributed by atoms with van der Waals surface area (Å²) in [5.41, 5.74) is 9.07. The fraction of sp³-hybridized carbons (Fsp3) is 0.533. The summed E-state index contributed by atoms with van der Waals surface area (Å²) in [5.74, 6) is -0.930. The molecule has 0 heterocycles. The standard InChI is InChI=1S/C15H25N3O2/c1-17(2)12-9-8-11(14(10-12)18(3)4)6-5-7-13(16)15(19)20/h8-10,13H,5-7,16H2,1-4H3,(H,19,20). The highest BCUT2D eigenvalue weighted by molar-refractivity contribution is 5.73. The molecule has 1 aromatic carbocycles. The van der Waals surface area contributed by atoms with Gasteiger partial charge in [-0.25, -0.2) is 0 Å². The molecule has 0 saturated heterocycles. The second kappa shape index (κ2) is 7.14. The van der Waals surface area contributed by atoms with Gasteiger partial charge in [0.2, 0.25) is 0 Å². The average molecular weight is 279 g/mol. The van der Waals surface area contributed by atoms with Crippen LogP contribution in [0, 0.1) is 0 Å². The maximum absolute atomic E-state index is 10.7. The molecule has 112 valence electrons. The summed E-state index contributed by atoms with van der Waals surface area (Å²) in [4.78, 5) is 14.8. The van der Waals surface area contributed by atoms with E-state index in [0.29, 0.717) is 6.42 Å². The van der Waals surface area contributed by atoms with Crippen LogP contribution in [0.3, 0.4) is 0 Å². The highest BCUT2D eigenvalue weighted by Gasteiger charge is 2.12. The number of nitrogens with two attached hydrogens (primary N) is 1. The van der Waals surface area contributed by atoms with Crippen molar-refractivity contribution in [2.45, 2.75) is 25.3 Å². The van der Waals surface area contributed by atoms with Crippen molar-refractivity contribution < 1.29 is 9.90 Å². The van der Waals surface area contributed by atoms with Crippen LogP contribution in [-0.4, -0.2) is 45.3 Å². The number of carboxylic acid groups (broad SMARTS) is 1. The summed E-state index contributed by atoms with van der Waals surface area (Å²) in [5, 5.41) is 8.78. The van der Waals surface area contributed by atoms with Crippen molar-refractivity contribution >= 4 is 17.3 Å². The van der Waals surface area contributed by atoms with Crippen LogP contribution in [-0.2, 0) is 11.2 Å². The number of hydrogen-bond acceptors (Lipinski definition) is 4. The van der Waals surface area contributed by atoms with Gasteiger partial charge >= 0.3 is 5.97 Å². The number of anilines is 2. The largest absolute Gasteiger partial charge is 0.480 e. The topological polar surface area (TPSA) is 69.8 Å². The van der Waals surface area contributed by atoms with Crippen molar-refractivity contribution in [2.24, 2.45) is 5.73 Å². The first kappa shape index (κ1) is 16.3. The second-order valence-corrected chi connectivity index (χ2v) is 5.44. The summed E-state index contributed by atoms with van der Waals surface area (Å²) >= 11 is 0. The molecule has 0 bridgehead atoms. The molecule has 0 aliphatic rings. The molecule has 0 aliphatic carbocycles. The smallest absolute Gasteiger partial charge is 0.320 e. The predicted molar refractivity (Wildman–Crippen MR) is 83.6 cm³/mol. The third kappa shape index (κ3) is 4.42. The zero-order valence-corrected chi connectivity index (χ0v) is 12.8. The van der Waals surface area contributed by atoms with E-state index in [1.165, 1.54) is 11.3 Å². The third-order valence-corrected chi connectivity index (χ3v) is 3.35. The molecule has 1 aromatic rings. The van der Waals surface area contributed by atoms with Crippen LogP contribution in [0.4, 0.5) is 11.4 Å². The van der Waals surface area contributed by atoms with Crippen molar-refractivity contribution in [1.82, 2.24) is 0 Å². The van der Waals surface area contributed by atoms with Crippen molar-refractivity contribution in [2.75, 3.05) is 38.0 Å². The van der Waals surface area contributed by atoms with E-state index in [1.807, 2.05) is 28.2 Å². The number of hydrogen-bond donors (Lipinski definition) is 2. The highest BCUT2D eigenvalue weighted by atomic mass is 16.4. The van der Waals surface area contributed by atoms with Gasteiger partial charge < -0.3 is 20.6 Å². The molecule has 1 rings (SSSR count). The Kier molecular flexibility index (Phi) is 5.82. The monoisotopic (exact) mass is 279 g/mol. The maximum atomic E-state index is 10.7. The molecule has 3 N–H and O–H groups in total. The van der Waals surface area contributed by atoms with Crippen LogP contribution in [0.1, 0.15) is 18.4 Å². The number of aryl methyl sites for hydroxylation is 1. The highest BCUT2D eigenvalue weighted by Crippen LogP contribution is 2.26. The van der Waals surface area contributed by atoms with E-state index < -0.39 is 12.0 Å². The molecule has 5 nitrogen and oxygen atoms in total. The van der Waals surface area contributed by atoms with E-state index in [2.05, 4.69) is 28.0 Å². The molecular formula is C15H25N3O2. The van der Waals surface area contributed by atoms with E-state index in [9.17, 15) is 4.79 Å². The van der Waals surface area contributed by atoms with Gasteiger partial charge in [0.05, 0.1) is 0 Å². The van der Waals surface area contributed by atoms with Gasteiger partial charge in [-0.3, -0.25) is 4.79 Å². The average Bonchev–Trinajstić information content (AvgIpc) is 2.38. The summed E-state index contributed by atoms with van der Waals surface area (Å²) in [7, 11) is 8.06. The molecule has 1 atom stereocenters. The Morgan fingerprint density at radius 2 is 1.90 bits per heavy atom. The fourth-order valence-corrected chi connectivity index (χ4v) is 2.09. The van der Waals surface area contributed by atoms with E-state index in [1.54, 1.807) is 0 Å². The molecule has 5 heteroatoms. The van der Waals surface area contributed by atoms with Gasteiger partial charge in [-0.1, -0.05) is 6.07 Å². The number of rotatable bonds is 7. The quantitative estimate of drug-likeness (QED) is 0.792. The molecule has 0 saturated carbocycles. The lowest BCUT2D eigenvalue weighted by atomic mass is 10.0. The van der Waals surface area contributed by atoms with Gasteiger partial charge in [0.1, 0.15) is 6.04 Å². The molecular weight excluding hydrogens is 254 g/mol. The van der Waals surface area contributed by atoms with E-state index in [0.717, 1.165) is 18.5 Å². The summed E-state index contributed by atoms with van der Waals surface area (Å²) in [6.45, 7) is 0. The van der Waals surface area contributed by atoms with E-state index in [-0.39, 0.29) is 0 Å². The minimum absolute atomic E-state index is 0.498. The minimum Gasteiger partial charge on any atom is -0.480 e. The van der Waals surface area contributed by atoms with Gasteiger partial charge in [-0.15, -0.1) is 0 Å². The van der Waals surface area contributed by atoms with Crippen LogP contribution in [0.2, 0.25) is 0 Å². The van der Waals surface area contributed by atoms with Crippen LogP contribution in [0.5, 0.6) is 0 Å². The Balaban J connectivity index is 2.76. The van der Waals surface area contributed by atoms with Gasteiger partial charge in [-0.2, -0.15) is 0 Å². The van der Waals surface area contributed by atoms with Gasteiger partial charge in [0.25, 0.3) is 0 Å². The first-order valence-corrected chi connectivity index (χ1v) is 6.79. The molecule has 20 heavy (non-hydrogen) atoms. The minimum atomic E-state index is -0.930. The van der Waals surface area contributed by atoms with Crippen molar-refractivity contribution in [3.8, 4) is 0 Å². The lowest BCUT2D eigenvalue weighted by molar-refractivity contribution is -0.138. The van der Waals surface area contributed by atoms with Gasteiger partial charge in [0, 0.05) is 39.6 Å². The first-order valence-electron chi connectivity index (χ1n) is 6.79. The second-order valence-electron chi connectivity index (χ2n) is 5.44. The van der Waals surface area contributed by atoms with Crippen LogP contribution in [0.25, 0.3) is 0 Å². The van der Waals surface area contributed by atoms with Crippen LogP contribution < -0.4 is 15.5 Å². The molecule has 0 fully saturated rings. The van der Waals surface area contributed by atoms with Crippen LogP contribution in [0.15, 0.2) is 18.2 Å². The summed E-state index contributed by atoms with van der Waals surface area (Å²) in [6, 6.07) is 5.57. The number of aliphatic carboxylic acids is 1.